The summed E-state index contributed by atoms with van der Waals surface area (Å²) >= 11 is 0. The Kier molecular flexibility index (Phi) is 4.48. The number of hydrogen-bond donors (Lipinski definition) is 1. The first kappa shape index (κ1) is 13.2. The van der Waals surface area contributed by atoms with Gasteiger partial charge in [0.25, 0.3) is 0 Å². The van der Waals surface area contributed by atoms with Crippen LogP contribution in [-0.4, -0.2) is 11.0 Å². The third-order valence-corrected chi connectivity index (χ3v) is 3.11. The van der Waals surface area contributed by atoms with Gasteiger partial charge in [0.2, 0.25) is 0 Å². The van der Waals surface area contributed by atoms with E-state index >= 15 is 0 Å². The van der Waals surface area contributed by atoms with Crippen LogP contribution in [0.3, 0.4) is 0 Å². The fourth-order valence-electron chi connectivity index (χ4n) is 2.00. The number of aromatic nitrogens is 1. The molecule has 0 amide bonds. The maximum Gasteiger partial charge on any atom is 0.0417 e. The summed E-state index contributed by atoms with van der Waals surface area (Å²) in [7, 11) is 0. The van der Waals surface area contributed by atoms with Gasteiger partial charge >= 0.3 is 0 Å². The fraction of sp³-hybridized carbons (Fsp3) is 0.643. The molecule has 0 bridgehead atoms. The number of rotatable bonds is 4. The van der Waals surface area contributed by atoms with Gasteiger partial charge in [0, 0.05) is 24.5 Å². The Labute approximate surface area is 99.5 Å². The molecule has 1 unspecified atom stereocenters. The molecule has 1 heterocycles. The second kappa shape index (κ2) is 5.44. The highest BCUT2D eigenvalue weighted by atomic mass is 14.9. The molecule has 16 heavy (non-hydrogen) atoms. The first-order valence-electron chi connectivity index (χ1n) is 6.09. The lowest BCUT2D eigenvalue weighted by molar-refractivity contribution is 0.259. The molecular weight excluding hydrogens is 196 g/mol. The lowest BCUT2D eigenvalue weighted by Gasteiger charge is -2.31. The Morgan fingerprint density at radius 1 is 1.38 bits per heavy atom. The Balaban J connectivity index is 2.60. The Morgan fingerprint density at radius 2 is 2.06 bits per heavy atom. The summed E-state index contributed by atoms with van der Waals surface area (Å²) < 4.78 is 0. The van der Waals surface area contributed by atoms with E-state index in [4.69, 9.17) is 0 Å². The van der Waals surface area contributed by atoms with E-state index in [2.05, 4.69) is 51.0 Å². The SMILES string of the molecule is CCC(NCc1cccnc1C)C(C)(C)C. The monoisotopic (exact) mass is 220 g/mol. The van der Waals surface area contributed by atoms with Gasteiger partial charge in [0.05, 0.1) is 0 Å². The van der Waals surface area contributed by atoms with Gasteiger partial charge in [-0.25, -0.2) is 0 Å². The third kappa shape index (κ3) is 3.60. The van der Waals surface area contributed by atoms with Crippen molar-refractivity contribution >= 4 is 0 Å². The summed E-state index contributed by atoms with van der Waals surface area (Å²) in [6, 6.07) is 4.69. The van der Waals surface area contributed by atoms with Crippen molar-refractivity contribution in [2.75, 3.05) is 0 Å². The van der Waals surface area contributed by atoms with Crippen LogP contribution in [0.25, 0.3) is 0 Å². The van der Waals surface area contributed by atoms with E-state index in [0.29, 0.717) is 11.5 Å². The zero-order chi connectivity index (χ0) is 12.2. The molecule has 0 radical (unpaired) electrons. The number of hydrogen-bond acceptors (Lipinski definition) is 2. The van der Waals surface area contributed by atoms with E-state index in [-0.39, 0.29) is 0 Å². The molecule has 0 fully saturated rings. The number of nitrogens with zero attached hydrogens (tertiary/aromatic N) is 1. The molecular formula is C14H24N2. The van der Waals surface area contributed by atoms with Crippen molar-refractivity contribution in [2.24, 2.45) is 5.41 Å². The van der Waals surface area contributed by atoms with Crippen molar-refractivity contribution in [3.8, 4) is 0 Å². The van der Waals surface area contributed by atoms with Gasteiger partial charge in [-0.3, -0.25) is 4.98 Å². The predicted molar refractivity (Wildman–Crippen MR) is 69.3 cm³/mol. The maximum absolute atomic E-state index is 4.31. The van der Waals surface area contributed by atoms with Gasteiger partial charge in [0.15, 0.2) is 0 Å². The molecule has 1 aromatic heterocycles. The van der Waals surface area contributed by atoms with E-state index in [1.807, 2.05) is 12.3 Å². The van der Waals surface area contributed by atoms with Crippen LogP contribution in [0, 0.1) is 12.3 Å². The van der Waals surface area contributed by atoms with Gasteiger partial charge in [-0.1, -0.05) is 33.8 Å². The largest absolute Gasteiger partial charge is 0.309 e. The molecule has 0 aliphatic carbocycles. The van der Waals surface area contributed by atoms with E-state index < -0.39 is 0 Å². The second-order valence-corrected chi connectivity index (χ2v) is 5.46. The summed E-state index contributed by atoms with van der Waals surface area (Å²) in [6.07, 6.45) is 3.00. The average molecular weight is 220 g/mol. The number of nitrogens with one attached hydrogen (secondary N) is 1. The molecule has 0 aromatic carbocycles. The van der Waals surface area contributed by atoms with Crippen LogP contribution in [0.2, 0.25) is 0 Å². The molecule has 0 saturated carbocycles. The van der Waals surface area contributed by atoms with Crippen LogP contribution in [-0.2, 0) is 6.54 Å². The van der Waals surface area contributed by atoms with E-state index in [0.717, 1.165) is 18.7 Å². The molecule has 90 valence electrons. The first-order valence-corrected chi connectivity index (χ1v) is 6.09. The van der Waals surface area contributed by atoms with Crippen LogP contribution in [0.15, 0.2) is 18.3 Å². The Hall–Kier alpha value is -0.890. The van der Waals surface area contributed by atoms with Crippen LogP contribution in [0.4, 0.5) is 0 Å². The second-order valence-electron chi connectivity index (χ2n) is 5.46. The van der Waals surface area contributed by atoms with Crippen LogP contribution < -0.4 is 5.32 Å². The third-order valence-electron chi connectivity index (χ3n) is 3.11. The minimum Gasteiger partial charge on any atom is -0.309 e. The molecule has 0 saturated heterocycles. The van der Waals surface area contributed by atoms with Crippen molar-refractivity contribution in [2.45, 2.75) is 53.6 Å². The summed E-state index contributed by atoms with van der Waals surface area (Å²) in [6.45, 7) is 12.1. The summed E-state index contributed by atoms with van der Waals surface area (Å²) in [5.74, 6) is 0. The fourth-order valence-corrected chi connectivity index (χ4v) is 2.00. The maximum atomic E-state index is 4.31. The molecule has 0 spiro atoms. The molecule has 1 atom stereocenters. The topological polar surface area (TPSA) is 24.9 Å². The normalized spacial score (nSPS) is 13.8. The molecule has 1 N–H and O–H groups in total. The summed E-state index contributed by atoms with van der Waals surface area (Å²) in [4.78, 5) is 4.31. The molecule has 1 aromatic rings. The van der Waals surface area contributed by atoms with E-state index in [1.54, 1.807) is 0 Å². The van der Waals surface area contributed by atoms with Crippen LogP contribution in [0.5, 0.6) is 0 Å². The molecule has 1 rings (SSSR count). The highest BCUT2D eigenvalue weighted by molar-refractivity contribution is 5.18. The summed E-state index contributed by atoms with van der Waals surface area (Å²) in [5.41, 5.74) is 2.73. The zero-order valence-electron chi connectivity index (χ0n) is 11.2. The van der Waals surface area contributed by atoms with Crippen molar-refractivity contribution in [1.82, 2.24) is 10.3 Å². The van der Waals surface area contributed by atoms with E-state index in [9.17, 15) is 0 Å². The lowest BCUT2D eigenvalue weighted by Crippen LogP contribution is -2.39. The Bertz CT molecular complexity index is 326. The van der Waals surface area contributed by atoms with Crippen molar-refractivity contribution in [3.63, 3.8) is 0 Å². The van der Waals surface area contributed by atoms with Gasteiger partial charge < -0.3 is 5.32 Å². The van der Waals surface area contributed by atoms with Crippen molar-refractivity contribution in [1.29, 1.82) is 0 Å². The zero-order valence-corrected chi connectivity index (χ0v) is 11.2. The lowest BCUT2D eigenvalue weighted by atomic mass is 9.85. The molecule has 2 nitrogen and oxygen atoms in total. The molecule has 2 heteroatoms. The van der Waals surface area contributed by atoms with Crippen molar-refractivity contribution < 1.29 is 0 Å². The van der Waals surface area contributed by atoms with Crippen LogP contribution in [0.1, 0.15) is 45.4 Å². The van der Waals surface area contributed by atoms with Gasteiger partial charge in [-0.15, -0.1) is 0 Å². The molecule has 0 aliphatic rings. The minimum atomic E-state index is 0.310. The van der Waals surface area contributed by atoms with Crippen molar-refractivity contribution in [3.05, 3.63) is 29.6 Å². The standard InChI is InChI=1S/C14H24N2/c1-6-13(14(3,4)5)16-10-12-8-7-9-15-11(12)2/h7-9,13,16H,6,10H2,1-5H3. The molecule has 0 aliphatic heterocycles. The van der Waals surface area contributed by atoms with Gasteiger partial charge in [0.1, 0.15) is 0 Å². The highest BCUT2D eigenvalue weighted by Crippen LogP contribution is 2.22. The van der Waals surface area contributed by atoms with Crippen LogP contribution >= 0.6 is 0 Å². The first-order chi connectivity index (χ1) is 7.45. The van der Waals surface area contributed by atoms with E-state index in [1.165, 1.54) is 5.56 Å². The minimum absolute atomic E-state index is 0.310. The highest BCUT2D eigenvalue weighted by Gasteiger charge is 2.22. The summed E-state index contributed by atoms with van der Waals surface area (Å²) in [5, 5.41) is 3.63. The quantitative estimate of drug-likeness (QED) is 0.842. The smallest absolute Gasteiger partial charge is 0.0417 e. The average Bonchev–Trinajstić information content (AvgIpc) is 2.19. The number of pyridine rings is 1. The number of aryl methyl sites for hydroxylation is 1. The van der Waals surface area contributed by atoms with Gasteiger partial charge in [-0.05, 0) is 30.4 Å². The predicted octanol–water partition coefficient (Wildman–Crippen LogP) is 3.30. The Morgan fingerprint density at radius 3 is 2.56 bits per heavy atom. The van der Waals surface area contributed by atoms with Gasteiger partial charge in [-0.2, -0.15) is 0 Å².